The van der Waals surface area contributed by atoms with E-state index in [4.69, 9.17) is 0 Å². The fourth-order valence-electron chi connectivity index (χ4n) is 3.35. The topological polar surface area (TPSA) is 34.1 Å². The first-order valence-electron chi connectivity index (χ1n) is 10.7. The smallest absolute Gasteiger partial charge is 0.201 e. The van der Waals surface area contributed by atoms with Gasteiger partial charge in [-0.2, -0.15) is 0 Å². The second kappa shape index (κ2) is 11.6. The van der Waals surface area contributed by atoms with Crippen LogP contribution in [0.15, 0.2) is 94.7 Å². The van der Waals surface area contributed by atoms with Crippen LogP contribution in [-0.2, 0) is 9.59 Å². The minimum Gasteiger partial charge on any atom is -0.298 e. The van der Waals surface area contributed by atoms with E-state index in [0.29, 0.717) is 27.1 Å². The van der Waals surface area contributed by atoms with Gasteiger partial charge in [0, 0.05) is 9.79 Å². The highest BCUT2D eigenvalue weighted by atomic mass is 32.2. The molecule has 0 aliphatic carbocycles. The molecule has 36 heavy (non-hydrogen) atoms. The van der Waals surface area contributed by atoms with Crippen LogP contribution in [0.1, 0.15) is 6.42 Å². The maximum absolute atomic E-state index is 13.4. The third-order valence-electron chi connectivity index (χ3n) is 5.19. The van der Waals surface area contributed by atoms with Gasteiger partial charge in [0.25, 0.3) is 0 Å². The molecule has 0 radical (unpaired) electrons. The maximum atomic E-state index is 13.4. The summed E-state index contributed by atoms with van der Waals surface area (Å²) in [6.07, 6.45) is -0.227. The Labute approximate surface area is 213 Å². The average Bonchev–Trinajstić information content (AvgIpc) is 2.87. The van der Waals surface area contributed by atoms with Gasteiger partial charge in [-0.05, 0) is 70.8 Å². The van der Waals surface area contributed by atoms with E-state index in [2.05, 4.69) is 0 Å². The summed E-state index contributed by atoms with van der Waals surface area (Å²) in [5.41, 5.74) is 2.45. The largest absolute Gasteiger partial charge is 0.298 e. The Hall–Kier alpha value is -3.36. The number of hydrogen-bond donors (Lipinski definition) is 0. The summed E-state index contributed by atoms with van der Waals surface area (Å²) >= 11 is 2.23. The minimum atomic E-state index is -0.934. The van der Waals surface area contributed by atoms with Crippen molar-refractivity contribution in [2.75, 3.05) is 5.75 Å². The van der Waals surface area contributed by atoms with Crippen LogP contribution in [0.2, 0.25) is 0 Å². The second-order valence-corrected chi connectivity index (χ2v) is 9.96. The van der Waals surface area contributed by atoms with Gasteiger partial charge in [-0.3, -0.25) is 9.59 Å². The number of rotatable bonds is 8. The molecule has 0 saturated heterocycles. The number of halogens is 4. The highest BCUT2D eigenvalue weighted by molar-refractivity contribution is 8.13. The summed E-state index contributed by atoms with van der Waals surface area (Å²) in [4.78, 5) is 26.0. The summed E-state index contributed by atoms with van der Waals surface area (Å²) in [6, 6.07) is 21.2. The summed E-state index contributed by atoms with van der Waals surface area (Å²) < 4.78 is 53.1. The maximum Gasteiger partial charge on any atom is 0.201 e. The number of Topliss-reactive ketones (excluding diaryl/α,β-unsaturated/α-hetero) is 1. The molecule has 4 rings (SSSR count). The normalized spacial score (nSPS) is 10.9. The lowest BCUT2D eigenvalue weighted by molar-refractivity contribution is -0.121. The van der Waals surface area contributed by atoms with Crippen LogP contribution in [0, 0.1) is 23.3 Å². The van der Waals surface area contributed by atoms with E-state index in [1.54, 1.807) is 48.5 Å². The molecule has 0 spiro atoms. The highest BCUT2D eigenvalue weighted by Crippen LogP contribution is 2.28. The SMILES string of the molecule is O=C(CSc1ccc(-c2ccc(F)c(F)c2)cc1)CC(=O)Sc1ccc(-c2ccc(F)c(F)c2)cc1. The van der Waals surface area contributed by atoms with Crippen molar-refractivity contribution in [3.8, 4) is 22.3 Å². The lowest BCUT2D eigenvalue weighted by atomic mass is 10.1. The van der Waals surface area contributed by atoms with Crippen LogP contribution in [0.5, 0.6) is 0 Å². The van der Waals surface area contributed by atoms with Crippen LogP contribution in [0.4, 0.5) is 17.6 Å². The van der Waals surface area contributed by atoms with Crippen molar-refractivity contribution >= 4 is 34.4 Å². The van der Waals surface area contributed by atoms with Gasteiger partial charge in [-0.1, -0.05) is 48.2 Å². The average molecular weight is 527 g/mol. The summed E-state index contributed by atoms with van der Waals surface area (Å²) in [6.45, 7) is 0. The molecule has 4 aromatic rings. The Morgan fingerprint density at radius 3 is 1.47 bits per heavy atom. The minimum absolute atomic E-state index is 0.117. The van der Waals surface area contributed by atoms with Crippen molar-refractivity contribution in [1.82, 2.24) is 0 Å². The number of carbonyl (C=O) groups excluding carboxylic acids is 2. The molecule has 0 saturated carbocycles. The van der Waals surface area contributed by atoms with E-state index in [1.807, 2.05) is 0 Å². The molecule has 0 N–H and O–H groups in total. The van der Waals surface area contributed by atoms with Crippen LogP contribution in [0.25, 0.3) is 22.3 Å². The fourth-order valence-corrected chi connectivity index (χ4v) is 4.88. The zero-order valence-electron chi connectivity index (χ0n) is 18.6. The van der Waals surface area contributed by atoms with Crippen molar-refractivity contribution in [1.29, 1.82) is 0 Å². The highest BCUT2D eigenvalue weighted by Gasteiger charge is 2.13. The van der Waals surface area contributed by atoms with Gasteiger partial charge in [0.1, 0.15) is 0 Å². The third-order valence-corrected chi connectivity index (χ3v) is 7.14. The molecule has 182 valence electrons. The zero-order chi connectivity index (χ0) is 25.7. The van der Waals surface area contributed by atoms with Crippen molar-refractivity contribution in [3.05, 3.63) is 108 Å². The van der Waals surface area contributed by atoms with Gasteiger partial charge in [-0.25, -0.2) is 17.6 Å². The quantitative estimate of drug-likeness (QED) is 0.133. The van der Waals surface area contributed by atoms with Crippen LogP contribution >= 0.6 is 23.5 Å². The molecular weight excluding hydrogens is 508 g/mol. The summed E-state index contributed by atoms with van der Waals surface area (Å²) in [7, 11) is 0. The first kappa shape index (κ1) is 25.7. The van der Waals surface area contributed by atoms with Gasteiger partial charge in [0.2, 0.25) is 5.12 Å². The number of ketones is 1. The van der Waals surface area contributed by atoms with Crippen LogP contribution < -0.4 is 0 Å². The lowest BCUT2D eigenvalue weighted by Crippen LogP contribution is -2.07. The van der Waals surface area contributed by atoms with E-state index >= 15 is 0 Å². The first-order valence-corrected chi connectivity index (χ1v) is 12.5. The summed E-state index contributed by atoms with van der Waals surface area (Å²) in [5.74, 6) is -3.78. The Bertz CT molecular complexity index is 1400. The molecule has 0 aliphatic rings. The zero-order valence-corrected chi connectivity index (χ0v) is 20.3. The Morgan fingerprint density at radius 2 is 1.00 bits per heavy atom. The van der Waals surface area contributed by atoms with E-state index in [-0.39, 0.29) is 23.1 Å². The molecule has 0 aliphatic heterocycles. The molecule has 0 heterocycles. The predicted molar refractivity (Wildman–Crippen MR) is 135 cm³/mol. The Kier molecular flexibility index (Phi) is 8.28. The van der Waals surface area contributed by atoms with Gasteiger partial charge in [-0.15, -0.1) is 11.8 Å². The standard InChI is InChI=1S/C28H18F4O2S2/c29-24-11-5-19(13-26(24)31)17-1-7-22(8-2-17)35-16-21(33)15-28(34)36-23-9-3-18(4-10-23)20-6-12-25(30)27(32)14-20/h1-14H,15-16H2. The van der Waals surface area contributed by atoms with Gasteiger partial charge < -0.3 is 0 Å². The van der Waals surface area contributed by atoms with Crippen LogP contribution in [-0.4, -0.2) is 16.7 Å². The van der Waals surface area contributed by atoms with E-state index in [0.717, 1.165) is 40.9 Å². The molecule has 0 atom stereocenters. The van der Waals surface area contributed by atoms with Crippen molar-refractivity contribution in [3.63, 3.8) is 0 Å². The number of hydrogen-bond acceptors (Lipinski definition) is 4. The van der Waals surface area contributed by atoms with Gasteiger partial charge in [0.15, 0.2) is 29.1 Å². The van der Waals surface area contributed by atoms with Crippen molar-refractivity contribution < 1.29 is 27.2 Å². The molecule has 2 nitrogen and oxygen atoms in total. The third kappa shape index (κ3) is 6.65. The molecule has 0 bridgehead atoms. The van der Waals surface area contributed by atoms with Crippen LogP contribution in [0.3, 0.4) is 0 Å². The lowest BCUT2D eigenvalue weighted by Gasteiger charge is -2.06. The van der Waals surface area contributed by atoms with E-state index in [9.17, 15) is 27.2 Å². The summed E-state index contributed by atoms with van der Waals surface area (Å²) in [5, 5.41) is -0.296. The molecule has 0 aromatic heterocycles. The molecule has 0 unspecified atom stereocenters. The van der Waals surface area contributed by atoms with Gasteiger partial charge in [0.05, 0.1) is 12.2 Å². The number of benzene rings is 4. The van der Waals surface area contributed by atoms with E-state index in [1.165, 1.54) is 23.9 Å². The molecule has 8 heteroatoms. The monoisotopic (exact) mass is 526 g/mol. The molecule has 0 amide bonds. The Morgan fingerprint density at radius 1 is 0.556 bits per heavy atom. The Balaban J connectivity index is 1.26. The second-order valence-electron chi connectivity index (χ2n) is 7.78. The first-order chi connectivity index (χ1) is 17.3. The van der Waals surface area contributed by atoms with Crippen molar-refractivity contribution in [2.24, 2.45) is 0 Å². The molecule has 0 fully saturated rings. The fraction of sp³-hybridized carbons (Fsp3) is 0.0714. The van der Waals surface area contributed by atoms with Gasteiger partial charge >= 0.3 is 0 Å². The van der Waals surface area contributed by atoms with Crippen molar-refractivity contribution in [2.45, 2.75) is 16.2 Å². The number of carbonyl (C=O) groups is 2. The molecule has 4 aromatic carbocycles. The predicted octanol–water partition coefficient (Wildman–Crippen LogP) is 7.95. The number of thioether (sulfide) groups is 2. The molecular formula is C28H18F4O2S2. The van der Waals surface area contributed by atoms with E-state index < -0.39 is 23.3 Å².